The fourth-order valence-electron chi connectivity index (χ4n) is 6.33. The monoisotopic (exact) mass is 557 g/mol. The number of carbonyl (C=O) groups excluding carboxylic acids is 2. The summed E-state index contributed by atoms with van der Waals surface area (Å²) in [7, 11) is 3.28. The Bertz CT molecular complexity index is 960. The lowest BCUT2D eigenvalue weighted by Gasteiger charge is -2.34. The van der Waals surface area contributed by atoms with Crippen LogP contribution in [-0.2, 0) is 9.53 Å². The van der Waals surface area contributed by atoms with Gasteiger partial charge in [0, 0.05) is 70.4 Å². The number of hydrogen-bond donors (Lipinski definition) is 1. The highest BCUT2D eigenvalue weighted by molar-refractivity contribution is 5.95. The summed E-state index contributed by atoms with van der Waals surface area (Å²) < 4.78 is 16.5. The maximum Gasteiger partial charge on any atom is 0.254 e. The molecule has 1 aliphatic heterocycles. The van der Waals surface area contributed by atoms with Crippen LogP contribution in [0.2, 0.25) is 0 Å². The van der Waals surface area contributed by atoms with Gasteiger partial charge in [-0.25, -0.2) is 0 Å². The normalized spacial score (nSPS) is 21.1. The van der Waals surface area contributed by atoms with Crippen molar-refractivity contribution in [1.29, 1.82) is 0 Å². The minimum atomic E-state index is -0.00302. The number of nitrogens with one attached hydrogen (secondary N) is 1. The minimum Gasteiger partial charge on any atom is -0.493 e. The van der Waals surface area contributed by atoms with Gasteiger partial charge in [-0.1, -0.05) is 25.7 Å². The quantitative estimate of drug-likeness (QED) is 0.295. The van der Waals surface area contributed by atoms with Crippen molar-refractivity contribution in [2.24, 2.45) is 17.8 Å². The molecule has 224 valence electrons. The second kappa shape index (κ2) is 15.1. The van der Waals surface area contributed by atoms with Gasteiger partial charge in [-0.3, -0.25) is 9.59 Å². The highest BCUT2D eigenvalue weighted by Gasteiger charge is 2.38. The Kier molecular flexibility index (Phi) is 11.5. The van der Waals surface area contributed by atoms with Gasteiger partial charge in [0.1, 0.15) is 0 Å². The van der Waals surface area contributed by atoms with Gasteiger partial charge in [-0.05, 0) is 69.1 Å². The minimum absolute atomic E-state index is 0.00302. The van der Waals surface area contributed by atoms with E-state index in [2.05, 4.69) is 24.1 Å². The molecular weight excluding hydrogens is 506 g/mol. The average Bonchev–Trinajstić information content (AvgIpc) is 3.47. The smallest absolute Gasteiger partial charge is 0.254 e. The molecule has 0 bridgehead atoms. The molecule has 0 aromatic heterocycles. The van der Waals surface area contributed by atoms with Crippen molar-refractivity contribution in [3.8, 4) is 11.5 Å². The zero-order valence-corrected chi connectivity index (χ0v) is 25.2. The van der Waals surface area contributed by atoms with Crippen LogP contribution in [0.5, 0.6) is 11.5 Å². The summed E-state index contributed by atoms with van der Waals surface area (Å²) in [5, 5.41) is 3.56. The SMILES string of the molecule is COCCCOc1cc(C(=O)N(C[C@@H]2CNC[C@H]2CN(C(=O)CCC2CCCC2)C2CC2)C(C)C)ccc1OC. The Balaban J connectivity index is 1.39. The van der Waals surface area contributed by atoms with Crippen molar-refractivity contribution >= 4 is 11.8 Å². The van der Waals surface area contributed by atoms with Gasteiger partial charge in [0.05, 0.1) is 13.7 Å². The third-order valence-corrected chi connectivity index (χ3v) is 8.94. The number of rotatable bonds is 16. The average molecular weight is 558 g/mol. The highest BCUT2D eigenvalue weighted by atomic mass is 16.5. The number of benzene rings is 1. The van der Waals surface area contributed by atoms with Gasteiger partial charge in [0.2, 0.25) is 5.91 Å². The van der Waals surface area contributed by atoms with Crippen LogP contribution in [0.15, 0.2) is 18.2 Å². The summed E-state index contributed by atoms with van der Waals surface area (Å²) in [6.07, 6.45) is 9.98. The van der Waals surface area contributed by atoms with E-state index in [1.165, 1.54) is 25.7 Å². The molecule has 1 N–H and O–H groups in total. The Morgan fingerprint density at radius 3 is 2.35 bits per heavy atom. The van der Waals surface area contributed by atoms with E-state index >= 15 is 0 Å². The van der Waals surface area contributed by atoms with Gasteiger partial charge in [0.25, 0.3) is 5.91 Å². The Morgan fingerprint density at radius 1 is 0.975 bits per heavy atom. The molecule has 0 radical (unpaired) electrons. The topological polar surface area (TPSA) is 80.3 Å². The number of carbonyl (C=O) groups is 2. The van der Waals surface area contributed by atoms with E-state index in [-0.39, 0.29) is 11.9 Å². The van der Waals surface area contributed by atoms with Crippen molar-refractivity contribution in [3.63, 3.8) is 0 Å². The van der Waals surface area contributed by atoms with Crippen LogP contribution in [0.25, 0.3) is 0 Å². The van der Waals surface area contributed by atoms with E-state index in [1.807, 2.05) is 17.0 Å². The van der Waals surface area contributed by atoms with E-state index in [9.17, 15) is 9.59 Å². The van der Waals surface area contributed by atoms with Crippen molar-refractivity contribution in [2.45, 2.75) is 83.7 Å². The van der Waals surface area contributed by atoms with Crippen molar-refractivity contribution in [2.75, 3.05) is 53.6 Å². The number of ether oxygens (including phenoxy) is 3. The lowest BCUT2D eigenvalue weighted by Crippen LogP contribution is -2.45. The molecule has 8 heteroatoms. The molecule has 40 heavy (non-hydrogen) atoms. The van der Waals surface area contributed by atoms with Gasteiger partial charge >= 0.3 is 0 Å². The van der Waals surface area contributed by atoms with Crippen molar-refractivity contribution in [1.82, 2.24) is 15.1 Å². The molecule has 1 saturated heterocycles. The second-order valence-electron chi connectivity index (χ2n) is 12.3. The van der Waals surface area contributed by atoms with Crippen LogP contribution in [0.1, 0.15) is 82.0 Å². The zero-order chi connectivity index (χ0) is 28.5. The first-order valence-corrected chi connectivity index (χ1v) is 15.5. The van der Waals surface area contributed by atoms with Crippen LogP contribution in [0.4, 0.5) is 0 Å². The van der Waals surface area contributed by atoms with Crippen LogP contribution in [0, 0.1) is 17.8 Å². The van der Waals surface area contributed by atoms with E-state index in [0.29, 0.717) is 67.0 Å². The Labute approximate surface area is 241 Å². The van der Waals surface area contributed by atoms with Crippen LogP contribution < -0.4 is 14.8 Å². The molecule has 1 aromatic rings. The fraction of sp³-hybridized carbons (Fsp3) is 0.750. The molecule has 1 heterocycles. The molecule has 2 amide bonds. The summed E-state index contributed by atoms with van der Waals surface area (Å²) in [5.41, 5.74) is 0.598. The third-order valence-electron chi connectivity index (χ3n) is 8.94. The molecule has 8 nitrogen and oxygen atoms in total. The summed E-state index contributed by atoms with van der Waals surface area (Å²) >= 11 is 0. The number of nitrogens with zero attached hydrogens (tertiary/aromatic N) is 2. The fourth-order valence-corrected chi connectivity index (χ4v) is 6.33. The molecule has 0 unspecified atom stereocenters. The largest absolute Gasteiger partial charge is 0.493 e. The molecule has 2 aliphatic carbocycles. The summed E-state index contributed by atoms with van der Waals surface area (Å²) in [6.45, 7) is 8.48. The van der Waals surface area contributed by atoms with Crippen LogP contribution in [0.3, 0.4) is 0 Å². The number of amides is 2. The third kappa shape index (κ3) is 8.35. The van der Waals surface area contributed by atoms with E-state index in [4.69, 9.17) is 14.2 Å². The van der Waals surface area contributed by atoms with Crippen LogP contribution >= 0.6 is 0 Å². The second-order valence-corrected chi connectivity index (χ2v) is 12.3. The first-order valence-electron chi connectivity index (χ1n) is 15.5. The van der Waals surface area contributed by atoms with Crippen LogP contribution in [-0.4, -0.2) is 87.3 Å². The van der Waals surface area contributed by atoms with Gasteiger partial charge in [-0.2, -0.15) is 0 Å². The molecule has 2 saturated carbocycles. The molecule has 1 aromatic carbocycles. The predicted molar refractivity (Wildman–Crippen MR) is 157 cm³/mol. The number of methoxy groups -OCH3 is 2. The molecular formula is C32H51N3O5. The van der Waals surface area contributed by atoms with E-state index in [1.54, 1.807) is 20.3 Å². The van der Waals surface area contributed by atoms with E-state index in [0.717, 1.165) is 51.2 Å². The van der Waals surface area contributed by atoms with Crippen molar-refractivity contribution < 1.29 is 23.8 Å². The van der Waals surface area contributed by atoms with Gasteiger partial charge in [0.15, 0.2) is 11.5 Å². The standard InChI is InChI=1S/C32H51N3O5/c1-23(2)34(32(37)25-11-14-29(39-4)30(18-25)40-17-7-16-38-3)21-26-19-33-20-27(26)22-35(28-12-13-28)31(36)15-10-24-8-5-6-9-24/h11,14,18,23-24,26-28,33H,5-10,12-13,15-17,19-22H2,1-4H3/t26-,27-/m0/s1. The molecule has 3 fully saturated rings. The maximum absolute atomic E-state index is 13.8. The molecule has 4 rings (SSSR count). The Hall–Kier alpha value is -2.32. The molecule has 0 spiro atoms. The lowest BCUT2D eigenvalue weighted by atomic mass is 9.93. The summed E-state index contributed by atoms with van der Waals surface area (Å²) in [6, 6.07) is 5.89. The summed E-state index contributed by atoms with van der Waals surface area (Å²) in [4.78, 5) is 31.3. The van der Waals surface area contributed by atoms with Crippen molar-refractivity contribution in [3.05, 3.63) is 23.8 Å². The number of hydrogen-bond acceptors (Lipinski definition) is 6. The lowest BCUT2D eigenvalue weighted by molar-refractivity contribution is -0.132. The molecule has 3 aliphatic rings. The Morgan fingerprint density at radius 2 is 1.70 bits per heavy atom. The predicted octanol–water partition coefficient (Wildman–Crippen LogP) is 4.76. The van der Waals surface area contributed by atoms with E-state index < -0.39 is 0 Å². The first-order chi connectivity index (χ1) is 19.4. The first kappa shape index (κ1) is 30.6. The van der Waals surface area contributed by atoms with Gasteiger partial charge in [-0.15, -0.1) is 0 Å². The highest BCUT2D eigenvalue weighted by Crippen LogP contribution is 2.34. The molecule has 2 atom stereocenters. The zero-order valence-electron chi connectivity index (χ0n) is 25.2. The maximum atomic E-state index is 13.8. The van der Waals surface area contributed by atoms with Gasteiger partial charge < -0.3 is 29.3 Å². The summed E-state index contributed by atoms with van der Waals surface area (Å²) in [5.74, 6) is 2.92.